The normalized spacial score (nSPS) is 11.1. The van der Waals surface area contributed by atoms with Crippen molar-refractivity contribution in [3.63, 3.8) is 0 Å². The van der Waals surface area contributed by atoms with E-state index < -0.39 is 0 Å². The third kappa shape index (κ3) is 3.32. The van der Waals surface area contributed by atoms with E-state index in [0.717, 1.165) is 21.5 Å². The second-order valence-corrected chi connectivity index (χ2v) is 6.76. The van der Waals surface area contributed by atoms with Crippen molar-refractivity contribution in [3.05, 3.63) is 41.3 Å². The quantitative estimate of drug-likeness (QED) is 0.770. The smallest absolute Gasteiger partial charge is 0.261 e. The SMILES string of the molecule is CC(C)CNC(=O)c1cc2c(-c3ccccc3)nc(N)nc2s1. The van der Waals surface area contributed by atoms with Gasteiger partial charge in [-0.2, -0.15) is 0 Å². The number of anilines is 1. The Morgan fingerprint density at radius 2 is 2.00 bits per heavy atom. The summed E-state index contributed by atoms with van der Waals surface area (Å²) in [5, 5.41) is 3.78. The summed E-state index contributed by atoms with van der Waals surface area (Å²) in [4.78, 5) is 22.2. The number of nitrogen functional groups attached to an aromatic ring is 1. The Morgan fingerprint density at radius 3 is 2.70 bits per heavy atom. The van der Waals surface area contributed by atoms with Crippen LogP contribution in [-0.4, -0.2) is 22.4 Å². The minimum Gasteiger partial charge on any atom is -0.368 e. The average Bonchev–Trinajstić information content (AvgIpc) is 2.96. The fourth-order valence-electron chi connectivity index (χ4n) is 2.25. The first kappa shape index (κ1) is 15.4. The van der Waals surface area contributed by atoms with Crippen molar-refractivity contribution in [3.8, 4) is 11.3 Å². The van der Waals surface area contributed by atoms with Crippen molar-refractivity contribution >= 4 is 33.4 Å². The maximum Gasteiger partial charge on any atom is 0.261 e. The van der Waals surface area contributed by atoms with Crippen molar-refractivity contribution in [2.75, 3.05) is 12.3 Å². The maximum atomic E-state index is 12.3. The van der Waals surface area contributed by atoms with Gasteiger partial charge in [0.15, 0.2) is 0 Å². The van der Waals surface area contributed by atoms with Gasteiger partial charge in [0.05, 0.1) is 10.6 Å². The second kappa shape index (κ2) is 6.34. The van der Waals surface area contributed by atoms with Crippen LogP contribution in [0.2, 0.25) is 0 Å². The summed E-state index contributed by atoms with van der Waals surface area (Å²) in [5.41, 5.74) is 7.54. The highest BCUT2D eigenvalue weighted by Gasteiger charge is 2.16. The van der Waals surface area contributed by atoms with Crippen LogP contribution in [0.4, 0.5) is 5.95 Å². The van der Waals surface area contributed by atoms with Gasteiger partial charge in [-0.25, -0.2) is 9.97 Å². The minimum atomic E-state index is -0.0840. The summed E-state index contributed by atoms with van der Waals surface area (Å²) in [5.74, 6) is 0.537. The van der Waals surface area contributed by atoms with E-state index in [1.54, 1.807) is 0 Å². The molecular formula is C17H18N4OS. The van der Waals surface area contributed by atoms with E-state index in [1.165, 1.54) is 11.3 Å². The largest absolute Gasteiger partial charge is 0.368 e. The number of nitrogens with one attached hydrogen (secondary N) is 1. The molecule has 5 nitrogen and oxygen atoms in total. The monoisotopic (exact) mass is 326 g/mol. The van der Waals surface area contributed by atoms with Crippen LogP contribution in [0.25, 0.3) is 21.5 Å². The number of nitrogens with zero attached hydrogens (tertiary/aromatic N) is 2. The Labute approximate surface area is 138 Å². The first-order valence-electron chi connectivity index (χ1n) is 7.45. The van der Waals surface area contributed by atoms with Gasteiger partial charge in [-0.1, -0.05) is 44.2 Å². The molecule has 0 atom stereocenters. The third-order valence-corrected chi connectivity index (χ3v) is 4.38. The number of nitrogens with two attached hydrogens (primary N) is 1. The zero-order valence-electron chi connectivity index (χ0n) is 13.0. The van der Waals surface area contributed by atoms with E-state index in [1.807, 2.05) is 36.4 Å². The highest BCUT2D eigenvalue weighted by atomic mass is 32.1. The van der Waals surface area contributed by atoms with Crippen molar-refractivity contribution in [1.82, 2.24) is 15.3 Å². The highest BCUT2D eigenvalue weighted by molar-refractivity contribution is 7.20. The van der Waals surface area contributed by atoms with E-state index in [2.05, 4.69) is 29.1 Å². The van der Waals surface area contributed by atoms with E-state index in [9.17, 15) is 4.79 Å². The molecule has 23 heavy (non-hydrogen) atoms. The fourth-order valence-corrected chi connectivity index (χ4v) is 3.20. The number of thiophene rings is 1. The molecule has 2 aromatic heterocycles. The lowest BCUT2D eigenvalue weighted by atomic mass is 10.1. The third-order valence-electron chi connectivity index (χ3n) is 3.35. The molecule has 0 unspecified atom stereocenters. The number of carbonyl (C=O) groups is 1. The van der Waals surface area contributed by atoms with Crippen LogP contribution in [0.5, 0.6) is 0 Å². The predicted octanol–water partition coefficient (Wildman–Crippen LogP) is 3.33. The second-order valence-electron chi connectivity index (χ2n) is 5.73. The van der Waals surface area contributed by atoms with Crippen LogP contribution in [0.3, 0.4) is 0 Å². The van der Waals surface area contributed by atoms with Crippen LogP contribution >= 0.6 is 11.3 Å². The van der Waals surface area contributed by atoms with E-state index in [-0.39, 0.29) is 11.9 Å². The van der Waals surface area contributed by atoms with Crippen LogP contribution in [0, 0.1) is 5.92 Å². The Kier molecular flexibility index (Phi) is 4.25. The van der Waals surface area contributed by atoms with Crippen LogP contribution < -0.4 is 11.1 Å². The molecule has 6 heteroatoms. The zero-order valence-corrected chi connectivity index (χ0v) is 13.9. The van der Waals surface area contributed by atoms with Gasteiger partial charge in [-0.15, -0.1) is 11.3 Å². The average molecular weight is 326 g/mol. The molecule has 118 valence electrons. The molecule has 3 aromatic rings. The molecule has 0 fully saturated rings. The predicted molar refractivity (Wildman–Crippen MR) is 94.4 cm³/mol. The van der Waals surface area contributed by atoms with Crippen molar-refractivity contribution < 1.29 is 4.79 Å². The molecule has 0 spiro atoms. The molecule has 0 saturated heterocycles. The van der Waals surface area contributed by atoms with Crippen molar-refractivity contribution in [1.29, 1.82) is 0 Å². The van der Waals surface area contributed by atoms with E-state index in [0.29, 0.717) is 17.3 Å². The Balaban J connectivity index is 2.04. The molecule has 2 heterocycles. The molecule has 3 rings (SSSR count). The van der Waals surface area contributed by atoms with E-state index in [4.69, 9.17) is 5.73 Å². The number of aromatic nitrogens is 2. The van der Waals surface area contributed by atoms with Crippen molar-refractivity contribution in [2.24, 2.45) is 5.92 Å². The molecule has 0 bridgehead atoms. The number of rotatable bonds is 4. The van der Waals surface area contributed by atoms with Gasteiger partial charge in [-0.3, -0.25) is 4.79 Å². The summed E-state index contributed by atoms with van der Waals surface area (Å²) in [7, 11) is 0. The van der Waals surface area contributed by atoms with E-state index >= 15 is 0 Å². The minimum absolute atomic E-state index is 0.0840. The number of hydrogen-bond donors (Lipinski definition) is 2. The number of amides is 1. The first-order chi connectivity index (χ1) is 11.0. The molecule has 0 aliphatic heterocycles. The summed E-state index contributed by atoms with van der Waals surface area (Å²) in [6.45, 7) is 4.77. The van der Waals surface area contributed by atoms with Gasteiger partial charge in [0.25, 0.3) is 5.91 Å². The fraction of sp³-hybridized carbons (Fsp3) is 0.235. The van der Waals surface area contributed by atoms with Gasteiger partial charge in [0, 0.05) is 17.5 Å². The first-order valence-corrected chi connectivity index (χ1v) is 8.27. The number of hydrogen-bond acceptors (Lipinski definition) is 5. The molecule has 0 aliphatic carbocycles. The van der Waals surface area contributed by atoms with Crippen LogP contribution in [-0.2, 0) is 0 Å². The number of carbonyl (C=O) groups excluding carboxylic acids is 1. The van der Waals surface area contributed by atoms with Crippen LogP contribution in [0.15, 0.2) is 36.4 Å². The Hall–Kier alpha value is -2.47. The lowest BCUT2D eigenvalue weighted by Crippen LogP contribution is -2.26. The Bertz CT molecular complexity index is 842. The number of fused-ring (bicyclic) bond motifs is 1. The Morgan fingerprint density at radius 1 is 1.26 bits per heavy atom. The standard InChI is InChI=1S/C17H18N4OS/c1-10(2)9-19-15(22)13-8-12-14(11-6-4-3-5-7-11)20-17(18)21-16(12)23-13/h3-8,10H,9H2,1-2H3,(H,19,22)(H2,18,20,21). The van der Waals surface area contributed by atoms with Gasteiger partial charge in [-0.05, 0) is 12.0 Å². The molecule has 1 amide bonds. The molecule has 3 N–H and O–H groups in total. The zero-order chi connectivity index (χ0) is 16.4. The number of benzene rings is 1. The molecule has 0 radical (unpaired) electrons. The van der Waals surface area contributed by atoms with Crippen molar-refractivity contribution in [2.45, 2.75) is 13.8 Å². The van der Waals surface area contributed by atoms with Crippen LogP contribution in [0.1, 0.15) is 23.5 Å². The van der Waals surface area contributed by atoms with Gasteiger partial charge < -0.3 is 11.1 Å². The van der Waals surface area contributed by atoms with Gasteiger partial charge in [0.1, 0.15) is 4.83 Å². The van der Waals surface area contributed by atoms with Gasteiger partial charge in [0.2, 0.25) is 5.95 Å². The lowest BCUT2D eigenvalue weighted by Gasteiger charge is -2.05. The summed E-state index contributed by atoms with van der Waals surface area (Å²) in [6.07, 6.45) is 0. The summed E-state index contributed by atoms with van der Waals surface area (Å²) < 4.78 is 0. The molecule has 1 aromatic carbocycles. The molecule has 0 saturated carbocycles. The lowest BCUT2D eigenvalue weighted by molar-refractivity contribution is 0.0953. The maximum absolute atomic E-state index is 12.3. The van der Waals surface area contributed by atoms with Gasteiger partial charge >= 0.3 is 0 Å². The summed E-state index contributed by atoms with van der Waals surface area (Å²) >= 11 is 1.34. The highest BCUT2D eigenvalue weighted by Crippen LogP contribution is 2.32. The molecular weight excluding hydrogens is 308 g/mol. The topological polar surface area (TPSA) is 80.9 Å². The molecule has 0 aliphatic rings. The summed E-state index contributed by atoms with van der Waals surface area (Å²) in [6, 6.07) is 11.6.